The van der Waals surface area contributed by atoms with Crippen molar-refractivity contribution in [2.24, 2.45) is 35.0 Å². The molecule has 0 aliphatic rings. The molecule has 0 aliphatic heterocycles. The standard InChI is InChI=1S/C43H48N4O11/c1-19(2)35(44)40(48)55-26-11-10-23(15-28(26)52-7)33-34-25-17-30(54-9)32(58-42(50)37(46)21(5)6)18-27(25)56-43(51)39(34)47-13-12-22-14-31(57-41(49)36(45)20(3)4)29(53-8)16-24(22)38(33)47/h10-21,35-37H,44-46H2,1-9H3/t35-,36-,37+/m0/s1. The molecule has 15 heteroatoms. The molecule has 0 saturated carbocycles. The third-order valence-electron chi connectivity index (χ3n) is 10.2. The lowest BCUT2D eigenvalue weighted by atomic mass is 9.97. The Hall–Kier alpha value is -6.16. The second-order valence-corrected chi connectivity index (χ2v) is 15.1. The van der Waals surface area contributed by atoms with Gasteiger partial charge in [0.1, 0.15) is 29.2 Å². The fourth-order valence-corrected chi connectivity index (χ4v) is 6.52. The van der Waals surface area contributed by atoms with E-state index in [1.165, 1.54) is 27.4 Å². The van der Waals surface area contributed by atoms with Crippen LogP contribution in [-0.4, -0.2) is 61.8 Å². The van der Waals surface area contributed by atoms with Crippen LogP contribution in [0.15, 0.2) is 63.9 Å². The molecule has 3 atom stereocenters. The quantitative estimate of drug-likeness (QED) is 0.0725. The molecule has 0 saturated heterocycles. The van der Waals surface area contributed by atoms with Crippen LogP contribution in [-0.2, 0) is 14.4 Å². The molecule has 0 unspecified atom stereocenters. The smallest absolute Gasteiger partial charge is 0.361 e. The number of nitrogens with two attached hydrogens (primary N) is 3. The van der Waals surface area contributed by atoms with Crippen molar-refractivity contribution < 1.29 is 47.2 Å². The van der Waals surface area contributed by atoms with Gasteiger partial charge in [-0.15, -0.1) is 0 Å². The van der Waals surface area contributed by atoms with E-state index in [0.29, 0.717) is 38.2 Å². The second kappa shape index (κ2) is 16.4. The average Bonchev–Trinajstić information content (AvgIpc) is 3.55. The Balaban J connectivity index is 1.69. The van der Waals surface area contributed by atoms with E-state index in [4.69, 9.17) is 50.0 Å². The molecule has 0 amide bonds. The van der Waals surface area contributed by atoms with Crippen molar-refractivity contribution in [3.63, 3.8) is 0 Å². The summed E-state index contributed by atoms with van der Waals surface area (Å²) in [6.45, 7) is 10.8. The van der Waals surface area contributed by atoms with Gasteiger partial charge < -0.3 is 54.4 Å². The third kappa shape index (κ3) is 7.51. The fourth-order valence-electron chi connectivity index (χ4n) is 6.52. The van der Waals surface area contributed by atoms with Gasteiger partial charge in [0.05, 0.1) is 26.8 Å². The Bertz CT molecular complexity index is 2640. The predicted octanol–water partition coefficient (Wildman–Crippen LogP) is 5.71. The van der Waals surface area contributed by atoms with Crippen LogP contribution in [0.5, 0.6) is 34.5 Å². The maximum Gasteiger partial charge on any atom is 0.361 e. The predicted molar refractivity (Wildman–Crippen MR) is 219 cm³/mol. The van der Waals surface area contributed by atoms with Gasteiger partial charge in [-0.1, -0.05) is 47.6 Å². The highest BCUT2D eigenvalue weighted by atomic mass is 16.6. The van der Waals surface area contributed by atoms with E-state index >= 15 is 0 Å². The second-order valence-electron chi connectivity index (χ2n) is 15.1. The summed E-state index contributed by atoms with van der Waals surface area (Å²) in [5, 5.41) is 2.10. The molecule has 6 rings (SSSR count). The lowest BCUT2D eigenvalue weighted by molar-refractivity contribution is -0.137. The van der Waals surface area contributed by atoms with Crippen molar-refractivity contribution in [2.45, 2.75) is 59.7 Å². The number of rotatable bonds is 13. The van der Waals surface area contributed by atoms with Crippen LogP contribution < -0.4 is 51.2 Å². The monoisotopic (exact) mass is 796 g/mol. The Kier molecular flexibility index (Phi) is 11.7. The number of esters is 3. The number of nitrogens with zero attached hydrogens (tertiary/aromatic N) is 1. The number of carbonyl (C=O) groups excluding carboxylic acids is 3. The largest absolute Gasteiger partial charge is 0.493 e. The molecule has 0 bridgehead atoms. The molecule has 0 fully saturated rings. The first-order valence-corrected chi connectivity index (χ1v) is 18.7. The maximum absolute atomic E-state index is 14.2. The van der Waals surface area contributed by atoms with Gasteiger partial charge in [-0.25, -0.2) is 19.2 Å². The molecule has 0 spiro atoms. The molecule has 15 nitrogen and oxygen atoms in total. The lowest BCUT2D eigenvalue weighted by Gasteiger charge is -2.17. The van der Waals surface area contributed by atoms with Crippen molar-refractivity contribution in [3.8, 4) is 45.6 Å². The highest BCUT2D eigenvalue weighted by Crippen LogP contribution is 2.46. The Morgan fingerprint density at radius 2 is 1.07 bits per heavy atom. The van der Waals surface area contributed by atoms with Crippen LogP contribution >= 0.6 is 0 Å². The Morgan fingerprint density at radius 3 is 1.59 bits per heavy atom. The number of aromatic nitrogens is 1. The van der Waals surface area contributed by atoms with Crippen LogP contribution in [0, 0.1) is 17.8 Å². The summed E-state index contributed by atoms with van der Waals surface area (Å²) >= 11 is 0. The highest BCUT2D eigenvalue weighted by molar-refractivity contribution is 6.22. The van der Waals surface area contributed by atoms with E-state index in [-0.39, 0.29) is 63.4 Å². The van der Waals surface area contributed by atoms with Gasteiger partial charge in [-0.05, 0) is 65.1 Å². The molecule has 6 N–H and O–H groups in total. The zero-order chi connectivity index (χ0) is 42.3. The zero-order valence-corrected chi connectivity index (χ0v) is 33.8. The van der Waals surface area contributed by atoms with Crippen molar-refractivity contribution >= 4 is 56.1 Å². The normalized spacial score (nSPS) is 13.4. The molecule has 0 aliphatic carbocycles. The first kappa shape index (κ1) is 41.5. The van der Waals surface area contributed by atoms with Gasteiger partial charge in [-0.2, -0.15) is 0 Å². The fraction of sp³-hybridized carbons (Fsp3) is 0.349. The first-order valence-electron chi connectivity index (χ1n) is 18.7. The zero-order valence-electron chi connectivity index (χ0n) is 33.8. The van der Waals surface area contributed by atoms with E-state index in [2.05, 4.69) is 0 Å². The molecule has 306 valence electrons. The number of fused-ring (bicyclic) bond motifs is 7. The number of hydrogen-bond acceptors (Lipinski definition) is 14. The van der Waals surface area contributed by atoms with Crippen molar-refractivity contribution in [1.29, 1.82) is 0 Å². The minimum absolute atomic E-state index is 0.00538. The van der Waals surface area contributed by atoms with Gasteiger partial charge >= 0.3 is 23.5 Å². The van der Waals surface area contributed by atoms with Crippen LogP contribution in [0.4, 0.5) is 0 Å². The number of benzene rings is 3. The summed E-state index contributed by atoms with van der Waals surface area (Å²) in [4.78, 5) is 53.0. The number of hydrogen-bond donors (Lipinski definition) is 3. The van der Waals surface area contributed by atoms with Gasteiger partial charge in [0.25, 0.3) is 0 Å². The SMILES string of the molecule is COc1cc(-c2c3c4cc(OC)c(OC(=O)[C@H](N)C(C)C)cc4oc(=O)c3n3ccc4cc(OC(=O)[C@@H](N)C(C)C)c(OC)cc4c23)ccc1OC(=O)[C@@H](N)C(C)C. The van der Waals surface area contributed by atoms with Crippen molar-refractivity contribution in [1.82, 2.24) is 4.40 Å². The van der Waals surface area contributed by atoms with Gasteiger partial charge in [0.2, 0.25) is 0 Å². The van der Waals surface area contributed by atoms with Crippen LogP contribution in [0.2, 0.25) is 0 Å². The molecular formula is C43H48N4O11. The number of pyridine rings is 1. The Labute approximate surface area is 333 Å². The van der Waals surface area contributed by atoms with Crippen LogP contribution in [0.25, 0.3) is 49.3 Å². The third-order valence-corrected chi connectivity index (χ3v) is 10.2. The summed E-state index contributed by atoms with van der Waals surface area (Å²) in [5.41, 5.74) is 19.4. The van der Waals surface area contributed by atoms with E-state index in [1.54, 1.807) is 66.9 Å². The van der Waals surface area contributed by atoms with Gasteiger partial charge in [0, 0.05) is 34.0 Å². The lowest BCUT2D eigenvalue weighted by Crippen LogP contribution is -2.38. The molecule has 58 heavy (non-hydrogen) atoms. The summed E-state index contributed by atoms with van der Waals surface area (Å²) in [6, 6.07) is 10.5. The van der Waals surface area contributed by atoms with E-state index < -0.39 is 41.7 Å². The molecule has 3 aromatic heterocycles. The molecule has 3 aromatic carbocycles. The first-order chi connectivity index (χ1) is 27.5. The summed E-state index contributed by atoms with van der Waals surface area (Å²) in [7, 11) is 4.30. The van der Waals surface area contributed by atoms with E-state index in [9.17, 15) is 19.2 Å². The Morgan fingerprint density at radius 1 is 0.586 bits per heavy atom. The van der Waals surface area contributed by atoms with Gasteiger partial charge in [-0.3, -0.25) is 0 Å². The summed E-state index contributed by atoms with van der Waals surface area (Å²) < 4.78 is 41.9. The number of methoxy groups -OCH3 is 3. The minimum Gasteiger partial charge on any atom is -0.493 e. The topological polar surface area (TPSA) is 219 Å². The number of ether oxygens (including phenoxy) is 6. The average molecular weight is 797 g/mol. The molecule has 6 aromatic rings. The van der Waals surface area contributed by atoms with Crippen molar-refractivity contribution in [3.05, 3.63) is 65.1 Å². The summed E-state index contributed by atoms with van der Waals surface area (Å²) in [6.07, 6.45) is 1.70. The van der Waals surface area contributed by atoms with Gasteiger partial charge in [0.15, 0.2) is 34.5 Å². The van der Waals surface area contributed by atoms with Crippen LogP contribution in [0.3, 0.4) is 0 Å². The summed E-state index contributed by atoms with van der Waals surface area (Å²) in [5.74, 6) is -1.60. The highest BCUT2D eigenvalue weighted by Gasteiger charge is 2.28. The molecule has 3 heterocycles. The van der Waals surface area contributed by atoms with Crippen LogP contribution in [0.1, 0.15) is 41.5 Å². The van der Waals surface area contributed by atoms with E-state index in [1.807, 2.05) is 27.7 Å². The molecule has 0 radical (unpaired) electrons. The maximum atomic E-state index is 14.2. The van der Waals surface area contributed by atoms with E-state index in [0.717, 1.165) is 0 Å². The van der Waals surface area contributed by atoms with Crippen molar-refractivity contribution in [2.75, 3.05) is 21.3 Å². The number of carbonyl (C=O) groups is 3. The molecular weight excluding hydrogens is 748 g/mol. The minimum atomic E-state index is -0.919.